The third-order valence-electron chi connectivity index (χ3n) is 2.49. The molecule has 3 aromatic rings. The van der Waals surface area contributed by atoms with Gasteiger partial charge in [-0.05, 0) is 13.8 Å². The van der Waals surface area contributed by atoms with Gasteiger partial charge in [-0.25, -0.2) is 9.97 Å². The molecule has 3 rings (SSSR count). The zero-order valence-corrected chi connectivity index (χ0v) is 10.6. The lowest BCUT2D eigenvalue weighted by atomic mass is 10.4. The van der Waals surface area contributed by atoms with E-state index in [0.717, 1.165) is 10.6 Å². The minimum atomic E-state index is -0.189. The van der Waals surface area contributed by atoms with Gasteiger partial charge in [-0.1, -0.05) is 11.3 Å². The number of hydrogen-bond donors (Lipinski definition) is 2. The fourth-order valence-corrected chi connectivity index (χ4v) is 2.50. The van der Waals surface area contributed by atoms with E-state index in [9.17, 15) is 4.79 Å². The van der Waals surface area contributed by atoms with Crippen LogP contribution < -0.4 is 11.3 Å². The number of nitrogens with one attached hydrogen (secondary N) is 1. The number of fused-ring (bicyclic) bond motifs is 1. The SMILES string of the molecule is Cc1cc(=O)n2[nH]c(-c3sc(N)nc3C)nc2n1. The lowest BCUT2D eigenvalue weighted by Crippen LogP contribution is -2.14. The molecule has 0 amide bonds. The van der Waals surface area contributed by atoms with Crippen molar-refractivity contribution in [1.29, 1.82) is 0 Å². The number of aryl methyl sites for hydroxylation is 2. The molecule has 0 saturated carbocycles. The van der Waals surface area contributed by atoms with Gasteiger partial charge in [-0.3, -0.25) is 9.89 Å². The second-order valence-electron chi connectivity index (χ2n) is 3.91. The summed E-state index contributed by atoms with van der Waals surface area (Å²) in [4.78, 5) is 25.2. The lowest BCUT2D eigenvalue weighted by Gasteiger charge is -1.91. The first kappa shape index (κ1) is 10.9. The monoisotopic (exact) mass is 262 g/mol. The summed E-state index contributed by atoms with van der Waals surface area (Å²) in [5, 5.41) is 3.38. The molecular weight excluding hydrogens is 252 g/mol. The molecule has 0 unspecified atom stereocenters. The van der Waals surface area contributed by atoms with Gasteiger partial charge in [-0.15, -0.1) is 0 Å². The van der Waals surface area contributed by atoms with Crippen LogP contribution in [-0.4, -0.2) is 24.6 Å². The molecule has 7 nitrogen and oxygen atoms in total. The highest BCUT2D eigenvalue weighted by Gasteiger charge is 2.13. The van der Waals surface area contributed by atoms with Gasteiger partial charge in [0.1, 0.15) is 0 Å². The quantitative estimate of drug-likeness (QED) is 0.673. The highest BCUT2D eigenvalue weighted by atomic mass is 32.1. The molecule has 0 fully saturated rings. The molecular formula is C10H10N6OS. The van der Waals surface area contributed by atoms with Gasteiger partial charge in [0, 0.05) is 11.8 Å². The number of aromatic amines is 1. The van der Waals surface area contributed by atoms with Gasteiger partial charge in [0.05, 0.1) is 10.6 Å². The molecule has 3 heterocycles. The minimum Gasteiger partial charge on any atom is -0.375 e. The Labute approximate surface area is 105 Å². The van der Waals surface area contributed by atoms with Gasteiger partial charge >= 0.3 is 0 Å². The molecule has 3 N–H and O–H groups in total. The first-order chi connectivity index (χ1) is 8.54. The molecule has 0 aromatic carbocycles. The van der Waals surface area contributed by atoms with Crippen molar-refractivity contribution in [3.8, 4) is 10.7 Å². The van der Waals surface area contributed by atoms with Gasteiger partial charge in [-0.2, -0.15) is 9.50 Å². The molecule has 18 heavy (non-hydrogen) atoms. The Balaban J connectivity index is 2.29. The molecule has 0 bridgehead atoms. The molecule has 0 aliphatic rings. The molecule has 3 aromatic heterocycles. The maximum absolute atomic E-state index is 11.7. The van der Waals surface area contributed by atoms with Crippen LogP contribution in [0.2, 0.25) is 0 Å². The average molecular weight is 262 g/mol. The third-order valence-corrected chi connectivity index (χ3v) is 3.48. The van der Waals surface area contributed by atoms with Crippen LogP contribution in [0.1, 0.15) is 11.4 Å². The van der Waals surface area contributed by atoms with E-state index in [1.165, 1.54) is 21.9 Å². The van der Waals surface area contributed by atoms with Crippen LogP contribution in [0, 0.1) is 13.8 Å². The zero-order valence-electron chi connectivity index (χ0n) is 9.76. The van der Waals surface area contributed by atoms with Crippen molar-refractivity contribution < 1.29 is 0 Å². The Bertz CT molecular complexity index is 798. The van der Waals surface area contributed by atoms with Gasteiger partial charge in [0.2, 0.25) is 0 Å². The molecule has 8 heteroatoms. The molecule has 0 radical (unpaired) electrons. The number of hydrogen-bond acceptors (Lipinski definition) is 6. The first-order valence-corrected chi connectivity index (χ1v) is 6.06. The molecule has 0 aliphatic heterocycles. The van der Waals surface area contributed by atoms with Gasteiger partial charge < -0.3 is 5.73 Å². The van der Waals surface area contributed by atoms with Crippen molar-refractivity contribution in [1.82, 2.24) is 24.6 Å². The van der Waals surface area contributed by atoms with E-state index in [1.807, 2.05) is 6.92 Å². The Hall–Kier alpha value is -2.22. The Kier molecular flexibility index (Phi) is 2.20. The Morgan fingerprint density at radius 1 is 1.33 bits per heavy atom. The van der Waals surface area contributed by atoms with E-state index in [1.54, 1.807) is 6.92 Å². The van der Waals surface area contributed by atoms with E-state index >= 15 is 0 Å². The van der Waals surface area contributed by atoms with E-state index in [-0.39, 0.29) is 5.56 Å². The maximum atomic E-state index is 11.7. The molecule has 0 saturated heterocycles. The minimum absolute atomic E-state index is 0.189. The summed E-state index contributed by atoms with van der Waals surface area (Å²) in [7, 11) is 0. The van der Waals surface area contributed by atoms with Crippen molar-refractivity contribution in [3.05, 3.63) is 27.8 Å². The van der Waals surface area contributed by atoms with E-state index in [4.69, 9.17) is 5.73 Å². The highest BCUT2D eigenvalue weighted by Crippen LogP contribution is 2.28. The lowest BCUT2D eigenvalue weighted by molar-refractivity contribution is 0.892. The third kappa shape index (κ3) is 1.58. The van der Waals surface area contributed by atoms with Crippen LogP contribution >= 0.6 is 11.3 Å². The van der Waals surface area contributed by atoms with Crippen molar-refractivity contribution in [2.75, 3.05) is 5.73 Å². The second kappa shape index (κ2) is 3.64. The van der Waals surface area contributed by atoms with Crippen LogP contribution in [0.4, 0.5) is 5.13 Å². The maximum Gasteiger partial charge on any atom is 0.274 e. The van der Waals surface area contributed by atoms with Crippen molar-refractivity contribution in [2.45, 2.75) is 13.8 Å². The van der Waals surface area contributed by atoms with Crippen LogP contribution in [-0.2, 0) is 0 Å². The van der Waals surface area contributed by atoms with Crippen LogP contribution in [0.3, 0.4) is 0 Å². The molecule has 0 spiro atoms. The second-order valence-corrected chi connectivity index (χ2v) is 4.94. The summed E-state index contributed by atoms with van der Waals surface area (Å²) in [6.45, 7) is 3.60. The highest BCUT2D eigenvalue weighted by molar-refractivity contribution is 7.18. The number of nitrogens with zero attached hydrogens (tertiary/aromatic N) is 4. The van der Waals surface area contributed by atoms with Crippen molar-refractivity contribution in [3.63, 3.8) is 0 Å². The van der Waals surface area contributed by atoms with Gasteiger partial charge in [0.25, 0.3) is 11.3 Å². The number of thiazole rings is 1. The average Bonchev–Trinajstić information content (AvgIpc) is 2.81. The first-order valence-electron chi connectivity index (χ1n) is 5.24. The van der Waals surface area contributed by atoms with Crippen LogP contribution in [0.15, 0.2) is 10.9 Å². The molecule has 0 aliphatic carbocycles. The van der Waals surface area contributed by atoms with E-state index < -0.39 is 0 Å². The zero-order chi connectivity index (χ0) is 12.9. The fraction of sp³-hybridized carbons (Fsp3) is 0.200. The summed E-state index contributed by atoms with van der Waals surface area (Å²) < 4.78 is 1.30. The largest absolute Gasteiger partial charge is 0.375 e. The van der Waals surface area contributed by atoms with Crippen molar-refractivity contribution in [2.24, 2.45) is 0 Å². The van der Waals surface area contributed by atoms with E-state index in [0.29, 0.717) is 22.4 Å². The standard InChI is InChI=1S/C10H10N6OS/c1-4-3-6(17)16-10(12-4)14-8(15-16)7-5(2)13-9(11)18-7/h3H,1-2H3,(H2,11,13)(H,12,14,15). The smallest absolute Gasteiger partial charge is 0.274 e. The predicted molar refractivity (Wildman–Crippen MR) is 68.6 cm³/mol. The summed E-state index contributed by atoms with van der Waals surface area (Å²) in [5.74, 6) is 0.901. The Morgan fingerprint density at radius 3 is 2.78 bits per heavy atom. The fourth-order valence-electron chi connectivity index (χ4n) is 1.73. The summed E-state index contributed by atoms with van der Waals surface area (Å²) in [6, 6.07) is 1.45. The number of H-pyrrole nitrogens is 1. The number of anilines is 1. The normalized spacial score (nSPS) is 11.2. The molecule has 92 valence electrons. The number of aromatic nitrogens is 5. The number of nitrogens with two attached hydrogens (primary N) is 1. The van der Waals surface area contributed by atoms with Gasteiger partial charge in [0.15, 0.2) is 11.0 Å². The summed E-state index contributed by atoms with van der Waals surface area (Å²) in [5.41, 5.74) is 6.87. The van der Waals surface area contributed by atoms with Crippen LogP contribution in [0.5, 0.6) is 0 Å². The number of rotatable bonds is 1. The Morgan fingerprint density at radius 2 is 2.11 bits per heavy atom. The van der Waals surface area contributed by atoms with Crippen molar-refractivity contribution >= 4 is 22.2 Å². The molecule has 0 atom stereocenters. The van der Waals surface area contributed by atoms with E-state index in [2.05, 4.69) is 20.1 Å². The topological polar surface area (TPSA) is 102 Å². The predicted octanol–water partition coefficient (Wildman–Crippen LogP) is 0.740. The summed E-state index contributed by atoms with van der Waals surface area (Å²) >= 11 is 1.32. The number of nitrogen functional groups attached to an aromatic ring is 1. The van der Waals surface area contributed by atoms with Crippen LogP contribution in [0.25, 0.3) is 16.5 Å². The summed E-state index contributed by atoms with van der Waals surface area (Å²) in [6.07, 6.45) is 0.